The lowest BCUT2D eigenvalue weighted by molar-refractivity contribution is 0.762. The number of halogens is 3. The summed E-state index contributed by atoms with van der Waals surface area (Å²) in [7, 11) is 0. The third-order valence-electron chi connectivity index (χ3n) is 3.46. The van der Waals surface area contributed by atoms with E-state index in [9.17, 15) is 0 Å². The molecule has 1 atom stereocenters. The standard InChI is InChI=1S/C15H12Cl3N/c16-10-7-12(17)15(13(18)8-10)19-14-6-5-9-3-1-2-4-11(9)14/h1-4,7-8,14,19H,5-6H2. The van der Waals surface area contributed by atoms with Gasteiger partial charge in [0.1, 0.15) is 0 Å². The van der Waals surface area contributed by atoms with Gasteiger partial charge in [-0.1, -0.05) is 59.1 Å². The van der Waals surface area contributed by atoms with E-state index in [4.69, 9.17) is 34.8 Å². The van der Waals surface area contributed by atoms with Crippen molar-refractivity contribution >= 4 is 40.5 Å². The molecule has 0 saturated heterocycles. The number of hydrogen-bond acceptors (Lipinski definition) is 1. The number of hydrogen-bond donors (Lipinski definition) is 1. The van der Waals surface area contributed by atoms with E-state index in [-0.39, 0.29) is 6.04 Å². The highest BCUT2D eigenvalue weighted by molar-refractivity contribution is 6.41. The highest BCUT2D eigenvalue weighted by Gasteiger charge is 2.23. The summed E-state index contributed by atoms with van der Waals surface area (Å²) in [5, 5.41) is 5.10. The summed E-state index contributed by atoms with van der Waals surface area (Å²) in [5.41, 5.74) is 3.47. The molecule has 1 N–H and O–H groups in total. The van der Waals surface area contributed by atoms with Gasteiger partial charge < -0.3 is 5.32 Å². The van der Waals surface area contributed by atoms with Gasteiger partial charge in [0.2, 0.25) is 0 Å². The van der Waals surface area contributed by atoms with Crippen molar-refractivity contribution in [3.8, 4) is 0 Å². The highest BCUT2D eigenvalue weighted by atomic mass is 35.5. The van der Waals surface area contributed by atoms with E-state index in [1.807, 2.05) is 0 Å². The van der Waals surface area contributed by atoms with Crippen molar-refractivity contribution in [2.24, 2.45) is 0 Å². The van der Waals surface area contributed by atoms with Gasteiger partial charge in [0.05, 0.1) is 21.8 Å². The number of fused-ring (bicyclic) bond motifs is 1. The lowest BCUT2D eigenvalue weighted by Gasteiger charge is -2.18. The molecule has 0 bridgehead atoms. The van der Waals surface area contributed by atoms with Gasteiger partial charge in [-0.05, 0) is 36.1 Å². The van der Waals surface area contributed by atoms with Crippen LogP contribution in [0.3, 0.4) is 0 Å². The van der Waals surface area contributed by atoms with Crippen molar-refractivity contribution in [2.45, 2.75) is 18.9 Å². The molecule has 98 valence electrons. The smallest absolute Gasteiger partial charge is 0.0724 e. The molecule has 19 heavy (non-hydrogen) atoms. The Balaban J connectivity index is 1.92. The van der Waals surface area contributed by atoms with Crippen LogP contribution in [0.4, 0.5) is 5.69 Å². The summed E-state index contributed by atoms with van der Waals surface area (Å²) in [4.78, 5) is 0. The number of rotatable bonds is 2. The zero-order valence-corrected chi connectivity index (χ0v) is 12.4. The van der Waals surface area contributed by atoms with Crippen LogP contribution in [-0.2, 0) is 6.42 Å². The first-order valence-corrected chi connectivity index (χ1v) is 7.27. The van der Waals surface area contributed by atoms with Crippen molar-refractivity contribution in [1.82, 2.24) is 0 Å². The normalized spacial score (nSPS) is 17.3. The first-order valence-electron chi connectivity index (χ1n) is 6.14. The van der Waals surface area contributed by atoms with Crippen molar-refractivity contribution in [3.05, 3.63) is 62.6 Å². The Kier molecular flexibility index (Phi) is 3.62. The number of aryl methyl sites for hydroxylation is 1. The SMILES string of the molecule is Clc1cc(Cl)c(NC2CCc3ccccc32)c(Cl)c1. The maximum atomic E-state index is 6.21. The van der Waals surface area contributed by atoms with Gasteiger partial charge in [-0.15, -0.1) is 0 Å². The lowest BCUT2D eigenvalue weighted by atomic mass is 10.1. The molecular formula is C15H12Cl3N. The van der Waals surface area contributed by atoms with Crippen LogP contribution in [0.1, 0.15) is 23.6 Å². The largest absolute Gasteiger partial charge is 0.376 e. The average molecular weight is 313 g/mol. The quantitative estimate of drug-likeness (QED) is 0.745. The predicted molar refractivity (Wildman–Crippen MR) is 82.6 cm³/mol. The van der Waals surface area contributed by atoms with Crippen LogP contribution >= 0.6 is 34.8 Å². The Bertz CT molecular complexity index is 602. The highest BCUT2D eigenvalue weighted by Crippen LogP contribution is 2.39. The lowest BCUT2D eigenvalue weighted by Crippen LogP contribution is -2.07. The topological polar surface area (TPSA) is 12.0 Å². The zero-order valence-electron chi connectivity index (χ0n) is 10.1. The summed E-state index contributed by atoms with van der Waals surface area (Å²) in [6.07, 6.45) is 2.13. The Morgan fingerprint density at radius 1 is 1.00 bits per heavy atom. The Morgan fingerprint density at radius 3 is 2.42 bits per heavy atom. The molecule has 1 aliphatic carbocycles. The van der Waals surface area contributed by atoms with Gasteiger partial charge >= 0.3 is 0 Å². The molecule has 0 aliphatic heterocycles. The third kappa shape index (κ3) is 2.55. The van der Waals surface area contributed by atoms with E-state index in [1.54, 1.807) is 12.1 Å². The van der Waals surface area contributed by atoms with Crippen molar-refractivity contribution < 1.29 is 0 Å². The maximum Gasteiger partial charge on any atom is 0.0724 e. The van der Waals surface area contributed by atoms with E-state index in [0.717, 1.165) is 18.5 Å². The second-order valence-corrected chi connectivity index (χ2v) is 5.93. The molecule has 2 aromatic rings. The van der Waals surface area contributed by atoms with E-state index in [0.29, 0.717) is 15.1 Å². The molecule has 0 aromatic heterocycles. The van der Waals surface area contributed by atoms with Gasteiger partial charge in [0, 0.05) is 5.02 Å². The molecule has 1 aliphatic rings. The number of nitrogens with one attached hydrogen (secondary N) is 1. The van der Waals surface area contributed by atoms with Gasteiger partial charge in [-0.3, -0.25) is 0 Å². The summed E-state index contributed by atoms with van der Waals surface area (Å²) in [6.45, 7) is 0. The molecule has 4 heteroatoms. The first-order chi connectivity index (χ1) is 9.15. The molecule has 0 fully saturated rings. The average Bonchev–Trinajstić information content (AvgIpc) is 2.77. The molecule has 3 rings (SSSR count). The molecule has 0 saturated carbocycles. The molecular weight excluding hydrogens is 301 g/mol. The minimum atomic E-state index is 0.257. The summed E-state index contributed by atoms with van der Waals surface area (Å²) < 4.78 is 0. The van der Waals surface area contributed by atoms with Crippen LogP contribution in [0.25, 0.3) is 0 Å². The number of anilines is 1. The van der Waals surface area contributed by atoms with Gasteiger partial charge in [0.15, 0.2) is 0 Å². The summed E-state index contributed by atoms with van der Waals surface area (Å²) >= 11 is 18.3. The van der Waals surface area contributed by atoms with Crippen LogP contribution in [0, 0.1) is 0 Å². The maximum absolute atomic E-state index is 6.21. The second-order valence-electron chi connectivity index (χ2n) is 4.68. The molecule has 1 nitrogen and oxygen atoms in total. The minimum Gasteiger partial charge on any atom is -0.376 e. The third-order valence-corrected chi connectivity index (χ3v) is 4.27. The van der Waals surface area contributed by atoms with Gasteiger partial charge in [-0.2, -0.15) is 0 Å². The molecule has 0 heterocycles. The zero-order chi connectivity index (χ0) is 13.4. The van der Waals surface area contributed by atoms with E-state index >= 15 is 0 Å². The Morgan fingerprint density at radius 2 is 1.68 bits per heavy atom. The van der Waals surface area contributed by atoms with Crippen LogP contribution in [-0.4, -0.2) is 0 Å². The van der Waals surface area contributed by atoms with Crippen LogP contribution in [0.15, 0.2) is 36.4 Å². The second kappa shape index (κ2) is 5.24. The number of benzene rings is 2. The fourth-order valence-corrected chi connectivity index (χ4v) is 3.49. The van der Waals surface area contributed by atoms with Crippen LogP contribution in [0.5, 0.6) is 0 Å². The van der Waals surface area contributed by atoms with Crippen molar-refractivity contribution in [2.75, 3.05) is 5.32 Å². The summed E-state index contributed by atoms with van der Waals surface area (Å²) in [6, 6.07) is 12.1. The fourth-order valence-electron chi connectivity index (χ4n) is 2.56. The van der Waals surface area contributed by atoms with Crippen molar-refractivity contribution in [3.63, 3.8) is 0 Å². The van der Waals surface area contributed by atoms with Crippen molar-refractivity contribution in [1.29, 1.82) is 0 Å². The van der Waals surface area contributed by atoms with E-state index in [2.05, 4.69) is 29.6 Å². The van der Waals surface area contributed by atoms with Crippen LogP contribution < -0.4 is 5.32 Å². The Labute approximate surface area is 127 Å². The fraction of sp³-hybridized carbons (Fsp3) is 0.200. The van der Waals surface area contributed by atoms with Gasteiger partial charge in [0.25, 0.3) is 0 Å². The summed E-state index contributed by atoms with van der Waals surface area (Å²) in [5.74, 6) is 0. The molecule has 0 amide bonds. The minimum absolute atomic E-state index is 0.257. The van der Waals surface area contributed by atoms with E-state index < -0.39 is 0 Å². The Hall–Kier alpha value is -0.890. The van der Waals surface area contributed by atoms with Gasteiger partial charge in [-0.25, -0.2) is 0 Å². The first kappa shape index (κ1) is 13.1. The molecule has 1 unspecified atom stereocenters. The van der Waals surface area contributed by atoms with E-state index in [1.165, 1.54) is 11.1 Å². The monoisotopic (exact) mass is 311 g/mol. The molecule has 0 radical (unpaired) electrons. The molecule has 0 spiro atoms. The predicted octanol–water partition coefficient (Wildman–Crippen LogP) is 5.75. The van der Waals surface area contributed by atoms with Crippen LogP contribution in [0.2, 0.25) is 15.1 Å². The molecule has 2 aromatic carbocycles.